The van der Waals surface area contributed by atoms with Gasteiger partial charge in [0.05, 0.1) is 25.7 Å². The fourth-order valence-electron chi connectivity index (χ4n) is 4.83. The topological polar surface area (TPSA) is 84.9 Å². The van der Waals surface area contributed by atoms with Crippen LogP contribution < -0.4 is 15.0 Å². The summed E-state index contributed by atoms with van der Waals surface area (Å²) in [5, 5.41) is 3.42. The van der Waals surface area contributed by atoms with Gasteiger partial charge in [-0.15, -0.1) is 0 Å². The summed E-state index contributed by atoms with van der Waals surface area (Å²) in [5.74, 6) is -0.510. The van der Waals surface area contributed by atoms with E-state index in [1.54, 1.807) is 42.2 Å². The molecule has 1 aliphatic rings. The number of hydrogen-bond acceptors (Lipinski definition) is 5. The Morgan fingerprint density at radius 3 is 2.58 bits per heavy atom. The van der Waals surface area contributed by atoms with Crippen LogP contribution in [0.3, 0.4) is 0 Å². The van der Waals surface area contributed by atoms with Gasteiger partial charge in [-0.2, -0.15) is 0 Å². The van der Waals surface area contributed by atoms with E-state index in [2.05, 4.69) is 5.32 Å². The largest absolute Gasteiger partial charge is 0.496 e. The van der Waals surface area contributed by atoms with Gasteiger partial charge in [-0.25, -0.2) is 0 Å². The standard InChI is InChI=1S/C30H31ClN2O5/c1-4-38-28(34)16-20-9-7-15-33(26-14-11-21(31)17-25(20)26)30(36)24-13-12-22(18-27(24)37-3)32-29(35)23-10-6-5-8-19(23)2/h5-6,8,10-14,17-18,20H,4,7,9,15-16H2,1-3H3,(H,32,35). The number of amides is 2. The average molecular weight is 535 g/mol. The lowest BCUT2D eigenvalue weighted by molar-refractivity contribution is -0.143. The third-order valence-corrected chi connectivity index (χ3v) is 6.93. The third-order valence-electron chi connectivity index (χ3n) is 6.70. The first-order chi connectivity index (χ1) is 18.3. The Hall–Kier alpha value is -3.84. The van der Waals surface area contributed by atoms with Crippen molar-refractivity contribution in [3.8, 4) is 5.75 Å². The number of fused-ring (bicyclic) bond motifs is 1. The smallest absolute Gasteiger partial charge is 0.306 e. The van der Waals surface area contributed by atoms with Crippen LogP contribution in [0.4, 0.5) is 11.4 Å². The molecule has 7 nitrogen and oxygen atoms in total. The lowest BCUT2D eigenvalue weighted by Crippen LogP contribution is -2.32. The van der Waals surface area contributed by atoms with Gasteiger partial charge >= 0.3 is 5.97 Å². The predicted octanol–water partition coefficient (Wildman–Crippen LogP) is 6.39. The maximum Gasteiger partial charge on any atom is 0.306 e. The molecular weight excluding hydrogens is 504 g/mol. The second-order valence-corrected chi connectivity index (χ2v) is 9.63. The van der Waals surface area contributed by atoms with Crippen LogP contribution in [0, 0.1) is 6.92 Å². The van der Waals surface area contributed by atoms with Crippen LogP contribution in [0.25, 0.3) is 0 Å². The molecule has 0 saturated heterocycles. The lowest BCUT2D eigenvalue weighted by Gasteiger charge is -2.25. The molecule has 0 radical (unpaired) electrons. The molecule has 2 amide bonds. The normalized spacial score (nSPS) is 14.7. The van der Waals surface area contributed by atoms with Crippen LogP contribution in [-0.2, 0) is 9.53 Å². The quantitative estimate of drug-likeness (QED) is 0.355. The molecule has 1 atom stereocenters. The zero-order valence-electron chi connectivity index (χ0n) is 21.8. The van der Waals surface area contributed by atoms with Crippen molar-refractivity contribution in [2.45, 2.75) is 39.0 Å². The predicted molar refractivity (Wildman–Crippen MR) is 148 cm³/mol. The highest BCUT2D eigenvalue weighted by molar-refractivity contribution is 6.30. The summed E-state index contributed by atoms with van der Waals surface area (Å²) in [7, 11) is 1.49. The first-order valence-corrected chi connectivity index (χ1v) is 13.0. The van der Waals surface area contributed by atoms with Crippen LogP contribution >= 0.6 is 11.6 Å². The Balaban J connectivity index is 1.62. The van der Waals surface area contributed by atoms with E-state index in [1.165, 1.54) is 7.11 Å². The third kappa shape index (κ3) is 6.00. The number of halogens is 1. The number of benzene rings is 3. The van der Waals surface area contributed by atoms with Crippen LogP contribution in [0.1, 0.15) is 63.9 Å². The first kappa shape index (κ1) is 27.2. The molecule has 0 saturated carbocycles. The fourth-order valence-corrected chi connectivity index (χ4v) is 5.01. The monoisotopic (exact) mass is 534 g/mol. The molecule has 198 valence electrons. The zero-order valence-corrected chi connectivity index (χ0v) is 22.5. The molecular formula is C30H31ClN2O5. The van der Waals surface area contributed by atoms with Crippen molar-refractivity contribution >= 4 is 40.8 Å². The minimum atomic E-state index is -0.270. The summed E-state index contributed by atoms with van der Waals surface area (Å²) in [6, 6.07) is 17.7. The van der Waals surface area contributed by atoms with Gasteiger partial charge in [-0.1, -0.05) is 29.8 Å². The van der Waals surface area contributed by atoms with Gasteiger partial charge in [0.1, 0.15) is 5.75 Å². The van der Waals surface area contributed by atoms with E-state index in [9.17, 15) is 14.4 Å². The maximum atomic E-state index is 13.8. The summed E-state index contributed by atoms with van der Waals surface area (Å²) < 4.78 is 10.7. The Morgan fingerprint density at radius 2 is 1.84 bits per heavy atom. The number of esters is 1. The van der Waals surface area contributed by atoms with Crippen molar-refractivity contribution in [2.24, 2.45) is 0 Å². The van der Waals surface area contributed by atoms with Crippen molar-refractivity contribution in [1.82, 2.24) is 0 Å². The molecule has 1 N–H and O–H groups in total. The number of carbonyl (C=O) groups is 3. The number of nitrogens with zero attached hydrogens (tertiary/aromatic N) is 1. The van der Waals surface area contributed by atoms with Crippen LogP contribution in [-0.4, -0.2) is 38.0 Å². The molecule has 0 aromatic heterocycles. The highest BCUT2D eigenvalue weighted by Crippen LogP contribution is 2.39. The number of nitrogens with one attached hydrogen (secondary N) is 1. The number of ether oxygens (including phenoxy) is 2. The summed E-state index contributed by atoms with van der Waals surface area (Å²) in [6.45, 7) is 4.45. The summed E-state index contributed by atoms with van der Waals surface area (Å²) in [5.41, 5.74) is 3.88. The molecule has 0 bridgehead atoms. The maximum absolute atomic E-state index is 13.8. The first-order valence-electron chi connectivity index (χ1n) is 12.6. The fraction of sp³-hybridized carbons (Fsp3) is 0.300. The highest BCUT2D eigenvalue weighted by atomic mass is 35.5. The van der Waals surface area contributed by atoms with E-state index in [4.69, 9.17) is 21.1 Å². The van der Waals surface area contributed by atoms with Crippen molar-refractivity contribution in [1.29, 1.82) is 0 Å². The lowest BCUT2D eigenvalue weighted by atomic mass is 9.91. The van der Waals surface area contributed by atoms with Crippen LogP contribution in [0.2, 0.25) is 5.02 Å². The number of rotatable bonds is 7. The van der Waals surface area contributed by atoms with E-state index < -0.39 is 0 Å². The highest BCUT2D eigenvalue weighted by Gasteiger charge is 2.30. The van der Waals surface area contributed by atoms with Gasteiger partial charge in [0.2, 0.25) is 0 Å². The SMILES string of the molecule is CCOC(=O)CC1CCCN(C(=O)c2ccc(NC(=O)c3ccccc3C)cc2OC)c2ccc(Cl)cc21. The van der Waals surface area contributed by atoms with Gasteiger partial charge < -0.3 is 19.7 Å². The van der Waals surface area contributed by atoms with Gasteiger partial charge in [0, 0.05) is 34.6 Å². The van der Waals surface area contributed by atoms with Crippen molar-refractivity contribution < 1.29 is 23.9 Å². The van der Waals surface area contributed by atoms with E-state index in [0.717, 1.165) is 17.5 Å². The molecule has 8 heteroatoms. The minimum Gasteiger partial charge on any atom is -0.496 e. The van der Waals surface area contributed by atoms with Crippen LogP contribution in [0.15, 0.2) is 60.7 Å². The Bertz CT molecular complexity index is 1360. The van der Waals surface area contributed by atoms with Gasteiger partial charge in [0.15, 0.2) is 0 Å². The number of hydrogen-bond donors (Lipinski definition) is 1. The minimum absolute atomic E-state index is 0.110. The van der Waals surface area contributed by atoms with E-state index in [0.29, 0.717) is 52.8 Å². The van der Waals surface area contributed by atoms with Crippen molar-refractivity contribution in [3.63, 3.8) is 0 Å². The number of aryl methyl sites for hydroxylation is 1. The molecule has 3 aromatic carbocycles. The molecule has 1 aliphatic heterocycles. The average Bonchev–Trinajstić information content (AvgIpc) is 3.07. The number of methoxy groups -OCH3 is 1. The van der Waals surface area contributed by atoms with E-state index in [1.807, 2.05) is 37.3 Å². The van der Waals surface area contributed by atoms with Crippen molar-refractivity contribution in [3.05, 3.63) is 87.9 Å². The number of carbonyl (C=O) groups excluding carboxylic acids is 3. The van der Waals surface area contributed by atoms with Crippen LogP contribution in [0.5, 0.6) is 5.75 Å². The molecule has 3 aromatic rings. The summed E-state index contributed by atoms with van der Waals surface area (Å²) in [6.07, 6.45) is 1.65. The summed E-state index contributed by atoms with van der Waals surface area (Å²) >= 11 is 6.32. The molecule has 1 heterocycles. The molecule has 0 spiro atoms. The Kier molecular flexibility index (Phi) is 8.69. The molecule has 1 unspecified atom stereocenters. The molecule has 0 aliphatic carbocycles. The van der Waals surface area contributed by atoms with Crippen molar-refractivity contribution in [2.75, 3.05) is 30.5 Å². The van der Waals surface area contributed by atoms with Gasteiger partial charge in [-0.05, 0) is 80.1 Å². The Morgan fingerprint density at radius 1 is 1.05 bits per heavy atom. The summed E-state index contributed by atoms with van der Waals surface area (Å²) in [4.78, 5) is 40.6. The van der Waals surface area contributed by atoms with Gasteiger partial charge in [0.25, 0.3) is 11.8 Å². The molecule has 0 fully saturated rings. The zero-order chi connectivity index (χ0) is 27.2. The second-order valence-electron chi connectivity index (χ2n) is 9.19. The van der Waals surface area contributed by atoms with E-state index in [-0.39, 0.29) is 30.1 Å². The molecule has 38 heavy (non-hydrogen) atoms. The second kappa shape index (κ2) is 12.1. The van der Waals surface area contributed by atoms with E-state index >= 15 is 0 Å². The molecule has 4 rings (SSSR count). The Labute approximate surface area is 227 Å². The number of anilines is 2. The van der Waals surface area contributed by atoms with Gasteiger partial charge in [-0.3, -0.25) is 14.4 Å².